The van der Waals surface area contributed by atoms with E-state index in [2.05, 4.69) is 51.9 Å². The maximum absolute atomic E-state index is 12.0. The summed E-state index contributed by atoms with van der Waals surface area (Å²) in [4.78, 5) is 25.0. The molecule has 31 heavy (non-hydrogen) atoms. The number of pyridine rings is 1. The standard InChI is InChI=1S/C27H27N3O/c1-20(16-26(31)25-11-12-25)15-22-7-4-21(5-8-22)6-9-24-18-29-27(30-19-24)13-10-23-3-2-14-28-17-23/h2-5,7-8,14,17-20,25H,10-13,15-16H2,1H3. The first kappa shape index (κ1) is 20.9. The molecule has 0 radical (unpaired) electrons. The Hall–Kier alpha value is -3.32. The molecule has 0 spiro atoms. The number of Topliss-reactive ketones (excluding diaryl/α,β-unsaturated/α-hetero) is 1. The maximum atomic E-state index is 12.0. The SMILES string of the molecule is CC(CC(=O)C1CC1)Cc1ccc(C#Cc2cnc(CCc3cccnc3)nc2)cc1. The van der Waals surface area contributed by atoms with Gasteiger partial charge in [-0.3, -0.25) is 9.78 Å². The molecule has 4 heteroatoms. The molecule has 1 saturated carbocycles. The number of aromatic nitrogens is 3. The van der Waals surface area contributed by atoms with Gasteiger partial charge in [-0.25, -0.2) is 9.97 Å². The first-order valence-corrected chi connectivity index (χ1v) is 11.0. The molecule has 2 heterocycles. The van der Waals surface area contributed by atoms with Crippen LogP contribution in [0.15, 0.2) is 61.2 Å². The van der Waals surface area contributed by atoms with Gasteiger partial charge in [0.05, 0.1) is 5.56 Å². The van der Waals surface area contributed by atoms with Crippen molar-refractivity contribution >= 4 is 5.78 Å². The summed E-state index contributed by atoms with van der Waals surface area (Å²) in [6, 6.07) is 12.3. The van der Waals surface area contributed by atoms with Crippen LogP contribution >= 0.6 is 0 Å². The molecule has 0 bridgehead atoms. The molecule has 0 amide bonds. The second-order valence-electron chi connectivity index (χ2n) is 8.45. The molecule has 1 fully saturated rings. The number of rotatable bonds is 8. The normalized spacial score (nSPS) is 13.8. The largest absolute Gasteiger partial charge is 0.299 e. The second-order valence-corrected chi connectivity index (χ2v) is 8.45. The lowest BCUT2D eigenvalue weighted by Crippen LogP contribution is -2.09. The van der Waals surface area contributed by atoms with Gasteiger partial charge in [0.2, 0.25) is 0 Å². The molecule has 1 atom stereocenters. The molecule has 3 aromatic rings. The van der Waals surface area contributed by atoms with Crippen molar-refractivity contribution in [2.24, 2.45) is 11.8 Å². The number of benzene rings is 1. The molecular formula is C27H27N3O. The van der Waals surface area contributed by atoms with Crippen molar-refractivity contribution in [3.8, 4) is 11.8 Å². The van der Waals surface area contributed by atoms with E-state index in [0.717, 1.165) is 49.1 Å². The molecule has 0 aliphatic heterocycles. The Balaban J connectivity index is 1.28. The third-order valence-corrected chi connectivity index (χ3v) is 5.54. The summed E-state index contributed by atoms with van der Waals surface area (Å²) >= 11 is 0. The number of hydrogen-bond acceptors (Lipinski definition) is 4. The Bertz CT molecular complexity index is 1060. The van der Waals surface area contributed by atoms with E-state index >= 15 is 0 Å². The number of carbonyl (C=O) groups excluding carboxylic acids is 1. The summed E-state index contributed by atoms with van der Waals surface area (Å²) in [7, 11) is 0. The van der Waals surface area contributed by atoms with E-state index in [1.54, 1.807) is 18.6 Å². The predicted molar refractivity (Wildman–Crippen MR) is 121 cm³/mol. The molecule has 156 valence electrons. The van der Waals surface area contributed by atoms with Crippen molar-refractivity contribution in [2.75, 3.05) is 0 Å². The fourth-order valence-electron chi connectivity index (χ4n) is 3.61. The topological polar surface area (TPSA) is 55.7 Å². The quantitative estimate of drug-likeness (QED) is 0.510. The number of hydrogen-bond donors (Lipinski definition) is 0. The third-order valence-electron chi connectivity index (χ3n) is 5.54. The van der Waals surface area contributed by atoms with Crippen LogP contribution in [0.3, 0.4) is 0 Å². The summed E-state index contributed by atoms with van der Waals surface area (Å²) in [6.45, 7) is 2.16. The van der Waals surface area contributed by atoms with E-state index in [4.69, 9.17) is 0 Å². The zero-order chi connectivity index (χ0) is 21.5. The lowest BCUT2D eigenvalue weighted by Gasteiger charge is -2.10. The molecule has 4 rings (SSSR count). The zero-order valence-corrected chi connectivity index (χ0v) is 17.9. The Morgan fingerprint density at radius 3 is 2.39 bits per heavy atom. The van der Waals surface area contributed by atoms with E-state index in [9.17, 15) is 4.79 Å². The first-order valence-electron chi connectivity index (χ1n) is 11.0. The highest BCUT2D eigenvalue weighted by Gasteiger charge is 2.29. The van der Waals surface area contributed by atoms with Gasteiger partial charge in [0.1, 0.15) is 11.6 Å². The van der Waals surface area contributed by atoms with Gasteiger partial charge < -0.3 is 0 Å². The van der Waals surface area contributed by atoms with Gasteiger partial charge in [-0.1, -0.05) is 37.0 Å². The van der Waals surface area contributed by atoms with E-state index < -0.39 is 0 Å². The molecule has 1 aliphatic rings. The van der Waals surface area contributed by atoms with Gasteiger partial charge >= 0.3 is 0 Å². The van der Waals surface area contributed by atoms with E-state index in [0.29, 0.717) is 24.0 Å². The monoisotopic (exact) mass is 409 g/mol. The van der Waals surface area contributed by atoms with Crippen molar-refractivity contribution in [1.82, 2.24) is 15.0 Å². The van der Waals surface area contributed by atoms with Crippen molar-refractivity contribution in [2.45, 2.75) is 45.4 Å². The molecule has 4 nitrogen and oxygen atoms in total. The summed E-state index contributed by atoms with van der Waals surface area (Å²) in [5.41, 5.74) is 4.21. The number of carbonyl (C=O) groups is 1. The molecular weight excluding hydrogens is 382 g/mol. The average molecular weight is 410 g/mol. The van der Waals surface area contributed by atoms with E-state index in [1.807, 2.05) is 24.4 Å². The van der Waals surface area contributed by atoms with Crippen molar-refractivity contribution < 1.29 is 4.79 Å². The fourth-order valence-corrected chi connectivity index (χ4v) is 3.61. The second kappa shape index (κ2) is 10.1. The van der Waals surface area contributed by atoms with Gasteiger partial charge in [-0.05, 0) is 60.9 Å². The molecule has 1 unspecified atom stereocenters. The highest BCUT2D eigenvalue weighted by molar-refractivity contribution is 5.83. The van der Waals surface area contributed by atoms with Crippen LogP contribution in [0, 0.1) is 23.7 Å². The summed E-state index contributed by atoms with van der Waals surface area (Å²) in [6.07, 6.45) is 12.7. The van der Waals surface area contributed by atoms with Gasteiger partial charge in [-0.2, -0.15) is 0 Å². The lowest BCUT2D eigenvalue weighted by molar-refractivity contribution is -0.121. The molecule has 1 aromatic carbocycles. The fraction of sp³-hybridized carbons (Fsp3) is 0.333. The molecule has 0 N–H and O–H groups in total. The summed E-state index contributed by atoms with van der Waals surface area (Å²) in [5, 5.41) is 0. The zero-order valence-electron chi connectivity index (χ0n) is 17.9. The average Bonchev–Trinajstić information content (AvgIpc) is 3.64. The Labute approximate surface area is 184 Å². The van der Waals surface area contributed by atoms with Crippen LogP contribution in [-0.2, 0) is 24.1 Å². The molecule has 2 aromatic heterocycles. The minimum atomic E-state index is 0.360. The van der Waals surface area contributed by atoms with Gasteiger partial charge in [0.25, 0.3) is 0 Å². The predicted octanol–water partition coefficient (Wildman–Crippen LogP) is 4.60. The highest BCUT2D eigenvalue weighted by Crippen LogP contribution is 2.32. The minimum Gasteiger partial charge on any atom is -0.299 e. The number of nitrogens with zero attached hydrogens (tertiary/aromatic N) is 3. The van der Waals surface area contributed by atoms with Crippen LogP contribution in [0.4, 0.5) is 0 Å². The van der Waals surface area contributed by atoms with Crippen molar-refractivity contribution in [3.63, 3.8) is 0 Å². The van der Waals surface area contributed by atoms with Crippen LogP contribution in [-0.4, -0.2) is 20.7 Å². The number of aryl methyl sites for hydroxylation is 2. The molecule has 1 aliphatic carbocycles. The number of ketones is 1. The van der Waals surface area contributed by atoms with Crippen LogP contribution in [0.25, 0.3) is 0 Å². The van der Waals surface area contributed by atoms with Crippen LogP contribution < -0.4 is 0 Å². The van der Waals surface area contributed by atoms with Gasteiger partial charge in [0.15, 0.2) is 0 Å². The Kier molecular flexibility index (Phi) is 6.84. The van der Waals surface area contributed by atoms with Crippen LogP contribution in [0.2, 0.25) is 0 Å². The van der Waals surface area contributed by atoms with Crippen LogP contribution in [0.1, 0.15) is 54.3 Å². The van der Waals surface area contributed by atoms with Gasteiger partial charge in [-0.15, -0.1) is 0 Å². The highest BCUT2D eigenvalue weighted by atomic mass is 16.1. The van der Waals surface area contributed by atoms with Crippen LogP contribution in [0.5, 0.6) is 0 Å². The Morgan fingerprint density at radius 1 is 0.968 bits per heavy atom. The first-order chi connectivity index (χ1) is 15.2. The maximum Gasteiger partial charge on any atom is 0.136 e. The molecule has 0 saturated heterocycles. The van der Waals surface area contributed by atoms with Gasteiger partial charge in [0, 0.05) is 49.1 Å². The third kappa shape index (κ3) is 6.58. The summed E-state index contributed by atoms with van der Waals surface area (Å²) < 4.78 is 0. The smallest absolute Gasteiger partial charge is 0.136 e. The van der Waals surface area contributed by atoms with Crippen molar-refractivity contribution in [3.05, 3.63) is 89.3 Å². The van der Waals surface area contributed by atoms with E-state index in [1.165, 1.54) is 11.1 Å². The minimum absolute atomic E-state index is 0.360. The van der Waals surface area contributed by atoms with Crippen molar-refractivity contribution in [1.29, 1.82) is 0 Å². The van der Waals surface area contributed by atoms with E-state index in [-0.39, 0.29) is 0 Å². The summed E-state index contributed by atoms with van der Waals surface area (Å²) in [5.74, 6) is 8.33. The lowest BCUT2D eigenvalue weighted by atomic mass is 9.94. The Morgan fingerprint density at radius 2 is 1.71 bits per heavy atom.